The number of carbonyl (C=O) groups excluding carboxylic acids is 2. The van der Waals surface area contributed by atoms with Crippen LogP contribution in [0.2, 0.25) is 0 Å². The first-order valence-electron chi connectivity index (χ1n) is 9.88. The van der Waals surface area contributed by atoms with Gasteiger partial charge in [0.25, 0.3) is 0 Å². The van der Waals surface area contributed by atoms with E-state index in [1.807, 2.05) is 12.1 Å². The van der Waals surface area contributed by atoms with E-state index in [9.17, 15) is 14.7 Å². The van der Waals surface area contributed by atoms with Gasteiger partial charge in [0.1, 0.15) is 6.10 Å². The van der Waals surface area contributed by atoms with Gasteiger partial charge in [-0.1, -0.05) is 6.42 Å². The first kappa shape index (κ1) is 19.8. The number of aromatic nitrogens is 1. The van der Waals surface area contributed by atoms with Gasteiger partial charge >= 0.3 is 0 Å². The summed E-state index contributed by atoms with van der Waals surface area (Å²) in [5.41, 5.74) is 0.932. The lowest BCUT2D eigenvalue weighted by Crippen LogP contribution is -2.53. The summed E-state index contributed by atoms with van der Waals surface area (Å²) in [6, 6.07) is 3.53. The predicted molar refractivity (Wildman–Crippen MR) is 99.8 cm³/mol. The van der Waals surface area contributed by atoms with Crippen LogP contribution < -0.4 is 10.6 Å². The Morgan fingerprint density at radius 3 is 2.63 bits per heavy atom. The number of nitrogens with zero attached hydrogens (tertiary/aromatic N) is 1. The fourth-order valence-electron chi connectivity index (χ4n) is 3.60. The van der Waals surface area contributed by atoms with Crippen LogP contribution in [0, 0.1) is 5.92 Å². The number of aliphatic hydroxyl groups is 1. The number of hydrogen-bond donors (Lipinski definition) is 3. The Bertz CT molecular complexity index is 621. The SMILES string of the molecule is O=C(Cc1ccncc1)NCC[C@H]1CC[C@H](NC(=O)C2CCC2)[C@@H](CO)O1. The van der Waals surface area contributed by atoms with Gasteiger partial charge in [-0.25, -0.2) is 0 Å². The third kappa shape index (κ3) is 5.74. The number of aliphatic hydroxyl groups excluding tert-OH is 1. The topological polar surface area (TPSA) is 101 Å². The predicted octanol–water partition coefficient (Wildman–Crippen LogP) is 0.955. The average Bonchev–Trinajstić information content (AvgIpc) is 2.62. The zero-order chi connectivity index (χ0) is 19.1. The van der Waals surface area contributed by atoms with Gasteiger partial charge in [-0.2, -0.15) is 0 Å². The largest absolute Gasteiger partial charge is 0.394 e. The second kappa shape index (κ2) is 9.80. The molecule has 3 atom stereocenters. The highest BCUT2D eigenvalue weighted by atomic mass is 16.5. The Morgan fingerprint density at radius 1 is 1.19 bits per heavy atom. The van der Waals surface area contributed by atoms with Crippen LogP contribution in [0.1, 0.15) is 44.1 Å². The van der Waals surface area contributed by atoms with Crippen molar-refractivity contribution in [1.29, 1.82) is 0 Å². The second-order valence-electron chi connectivity index (χ2n) is 7.47. The van der Waals surface area contributed by atoms with Crippen molar-refractivity contribution >= 4 is 11.8 Å². The van der Waals surface area contributed by atoms with Crippen LogP contribution in [0.5, 0.6) is 0 Å². The van der Waals surface area contributed by atoms with E-state index in [0.717, 1.165) is 37.7 Å². The van der Waals surface area contributed by atoms with Crippen molar-refractivity contribution < 1.29 is 19.4 Å². The summed E-state index contributed by atoms with van der Waals surface area (Å²) < 4.78 is 5.96. The zero-order valence-corrected chi connectivity index (χ0v) is 15.6. The number of nitrogens with one attached hydrogen (secondary N) is 2. The Morgan fingerprint density at radius 2 is 1.96 bits per heavy atom. The van der Waals surface area contributed by atoms with Gasteiger partial charge in [0, 0.05) is 24.9 Å². The molecule has 0 radical (unpaired) electrons. The quantitative estimate of drug-likeness (QED) is 0.628. The van der Waals surface area contributed by atoms with Crippen LogP contribution in [-0.2, 0) is 20.7 Å². The average molecular weight is 375 g/mol. The van der Waals surface area contributed by atoms with Gasteiger partial charge in [-0.05, 0) is 49.8 Å². The zero-order valence-electron chi connectivity index (χ0n) is 15.6. The Kier molecular flexibility index (Phi) is 7.18. The monoisotopic (exact) mass is 375 g/mol. The summed E-state index contributed by atoms with van der Waals surface area (Å²) >= 11 is 0. The summed E-state index contributed by atoms with van der Waals surface area (Å²) in [4.78, 5) is 28.1. The van der Waals surface area contributed by atoms with Crippen molar-refractivity contribution in [2.45, 2.75) is 63.2 Å². The van der Waals surface area contributed by atoms with Crippen LogP contribution in [0.4, 0.5) is 0 Å². The second-order valence-corrected chi connectivity index (χ2v) is 7.47. The van der Waals surface area contributed by atoms with Crippen LogP contribution in [-0.4, -0.2) is 53.3 Å². The van der Waals surface area contributed by atoms with E-state index < -0.39 is 0 Å². The molecule has 1 aromatic heterocycles. The molecule has 7 nitrogen and oxygen atoms in total. The molecule has 7 heteroatoms. The molecule has 1 aliphatic carbocycles. The molecule has 1 aromatic rings. The molecule has 1 aliphatic heterocycles. The van der Waals surface area contributed by atoms with Crippen LogP contribution in [0.25, 0.3) is 0 Å². The van der Waals surface area contributed by atoms with E-state index in [1.165, 1.54) is 0 Å². The van der Waals surface area contributed by atoms with E-state index in [-0.39, 0.29) is 42.6 Å². The van der Waals surface area contributed by atoms with Gasteiger partial charge in [0.15, 0.2) is 0 Å². The third-order valence-corrected chi connectivity index (χ3v) is 5.50. The van der Waals surface area contributed by atoms with Gasteiger partial charge in [-0.3, -0.25) is 14.6 Å². The molecule has 3 rings (SSSR count). The van der Waals surface area contributed by atoms with Gasteiger partial charge in [0.2, 0.25) is 11.8 Å². The molecule has 2 amide bonds. The maximum absolute atomic E-state index is 12.1. The van der Waals surface area contributed by atoms with Crippen LogP contribution >= 0.6 is 0 Å². The number of pyridine rings is 1. The van der Waals surface area contributed by atoms with Gasteiger partial charge in [-0.15, -0.1) is 0 Å². The van der Waals surface area contributed by atoms with Crippen LogP contribution in [0.3, 0.4) is 0 Å². The summed E-state index contributed by atoms with van der Waals surface area (Å²) in [7, 11) is 0. The van der Waals surface area contributed by atoms with E-state index in [0.29, 0.717) is 19.4 Å². The van der Waals surface area contributed by atoms with Crippen molar-refractivity contribution in [2.24, 2.45) is 5.92 Å². The Balaban J connectivity index is 1.36. The first-order valence-corrected chi connectivity index (χ1v) is 9.88. The Labute approximate surface area is 159 Å². The standard InChI is InChI=1S/C20H29N3O4/c24-13-18-17(23-20(26)15-2-1-3-15)5-4-16(27-18)8-11-22-19(25)12-14-6-9-21-10-7-14/h6-7,9-10,15-18,24H,1-5,8,11-13H2,(H,22,25)(H,23,26)/t16-,17+,18-/m1/s1. The molecular formula is C20H29N3O4. The van der Waals surface area contributed by atoms with E-state index in [1.54, 1.807) is 12.4 Å². The fourth-order valence-corrected chi connectivity index (χ4v) is 3.60. The minimum Gasteiger partial charge on any atom is -0.394 e. The highest BCUT2D eigenvalue weighted by molar-refractivity contribution is 5.79. The van der Waals surface area contributed by atoms with Gasteiger partial charge in [0.05, 0.1) is 25.2 Å². The van der Waals surface area contributed by atoms with Crippen molar-refractivity contribution in [3.8, 4) is 0 Å². The third-order valence-electron chi connectivity index (χ3n) is 5.50. The van der Waals surface area contributed by atoms with Crippen molar-refractivity contribution in [3.63, 3.8) is 0 Å². The van der Waals surface area contributed by atoms with E-state index in [2.05, 4.69) is 15.6 Å². The Hall–Kier alpha value is -1.99. The number of ether oxygens (including phenoxy) is 1. The van der Waals surface area contributed by atoms with E-state index in [4.69, 9.17) is 4.74 Å². The number of amides is 2. The fraction of sp³-hybridized carbons (Fsp3) is 0.650. The summed E-state index contributed by atoms with van der Waals surface area (Å²) in [5.74, 6) is 0.203. The highest BCUT2D eigenvalue weighted by Gasteiger charge is 2.34. The molecule has 0 aromatic carbocycles. The lowest BCUT2D eigenvalue weighted by molar-refractivity contribution is -0.134. The molecular weight excluding hydrogens is 346 g/mol. The lowest BCUT2D eigenvalue weighted by Gasteiger charge is -2.37. The summed E-state index contributed by atoms with van der Waals surface area (Å²) in [6.07, 6.45) is 8.64. The molecule has 27 heavy (non-hydrogen) atoms. The van der Waals surface area contributed by atoms with E-state index >= 15 is 0 Å². The smallest absolute Gasteiger partial charge is 0.224 e. The maximum Gasteiger partial charge on any atom is 0.224 e. The van der Waals surface area contributed by atoms with Crippen molar-refractivity contribution in [2.75, 3.05) is 13.2 Å². The minimum absolute atomic E-state index is 0.0137. The number of carbonyl (C=O) groups is 2. The molecule has 0 unspecified atom stereocenters. The lowest BCUT2D eigenvalue weighted by atomic mass is 9.84. The molecule has 2 aliphatic rings. The minimum atomic E-state index is -0.375. The number of hydrogen-bond acceptors (Lipinski definition) is 5. The first-order chi connectivity index (χ1) is 13.2. The highest BCUT2D eigenvalue weighted by Crippen LogP contribution is 2.28. The van der Waals surface area contributed by atoms with Crippen molar-refractivity contribution in [3.05, 3.63) is 30.1 Å². The van der Waals surface area contributed by atoms with Crippen LogP contribution in [0.15, 0.2) is 24.5 Å². The van der Waals surface area contributed by atoms with Gasteiger partial charge < -0.3 is 20.5 Å². The summed E-state index contributed by atoms with van der Waals surface area (Å²) in [5, 5.41) is 15.6. The maximum atomic E-state index is 12.1. The normalized spacial score (nSPS) is 25.4. The molecule has 3 N–H and O–H groups in total. The number of rotatable bonds is 8. The molecule has 148 valence electrons. The molecule has 1 saturated heterocycles. The molecule has 2 fully saturated rings. The van der Waals surface area contributed by atoms with Crippen molar-refractivity contribution in [1.82, 2.24) is 15.6 Å². The molecule has 0 bridgehead atoms. The molecule has 1 saturated carbocycles. The summed E-state index contributed by atoms with van der Waals surface area (Å²) in [6.45, 7) is 0.423. The molecule has 0 spiro atoms. The molecule has 2 heterocycles.